The van der Waals surface area contributed by atoms with E-state index in [9.17, 15) is 8.42 Å². The van der Waals surface area contributed by atoms with Gasteiger partial charge in [-0.2, -0.15) is 14.5 Å². The predicted molar refractivity (Wildman–Crippen MR) is 147 cm³/mol. The van der Waals surface area contributed by atoms with Gasteiger partial charge in [-0.25, -0.2) is 27.9 Å². The molecule has 202 valence electrons. The number of nitrogens with zero attached hydrogens (tertiary/aromatic N) is 8. The minimum Gasteiger partial charge on any atom is -0.351 e. The lowest BCUT2D eigenvalue weighted by Gasteiger charge is -2.31. The molecule has 4 aromatic rings. The first kappa shape index (κ1) is 23.1. The van der Waals surface area contributed by atoms with Gasteiger partial charge in [0.2, 0.25) is 11.6 Å². The molecule has 1 aliphatic heterocycles. The Hall–Kier alpha value is -3.83. The molecule has 1 saturated heterocycles. The van der Waals surface area contributed by atoms with Crippen molar-refractivity contribution >= 4 is 33.3 Å². The molecular formula is C25H27ClN10O2S. The lowest BCUT2D eigenvalue weighted by molar-refractivity contribution is 0.328. The molecule has 0 bridgehead atoms. The van der Waals surface area contributed by atoms with Crippen molar-refractivity contribution in [2.24, 2.45) is 7.05 Å². The van der Waals surface area contributed by atoms with E-state index in [1.165, 1.54) is 21.3 Å². The number of sulfonamides is 1. The zero-order valence-electron chi connectivity index (χ0n) is 23.9. The van der Waals surface area contributed by atoms with Crippen LogP contribution in [0.2, 0.25) is 5.02 Å². The summed E-state index contributed by atoms with van der Waals surface area (Å²) >= 11 is 6.48. The summed E-state index contributed by atoms with van der Waals surface area (Å²) < 4.78 is 52.1. The number of aryl methyl sites for hydroxylation is 1. The standard InChI is InChI=1S/C25H27ClN10O2S/c1-27-13-17-4-5-22(20(26)12-17)36-16-18(14-30-36)24-21(28-2)15-29-25(32-24)31-19-6-10-35(11-7-19)39(37,38)23-8-9-34(3)33-23/h4-5,8-9,12,14-16,19,27H,6-7,10-11,13H2,1,3H3,(H,29,31,32)/i1D3. The molecule has 0 unspecified atom stereocenters. The molecule has 2 N–H and O–H groups in total. The fourth-order valence-electron chi connectivity index (χ4n) is 4.35. The molecule has 1 aliphatic rings. The molecule has 1 fully saturated rings. The van der Waals surface area contributed by atoms with Gasteiger partial charge < -0.3 is 10.6 Å². The van der Waals surface area contributed by atoms with E-state index >= 15 is 0 Å². The normalized spacial score (nSPS) is 16.3. The highest BCUT2D eigenvalue weighted by molar-refractivity contribution is 7.89. The Balaban J connectivity index is 1.28. The fraction of sp³-hybridized carbons (Fsp3) is 0.320. The van der Waals surface area contributed by atoms with Crippen molar-refractivity contribution in [1.82, 2.24) is 39.2 Å². The van der Waals surface area contributed by atoms with Crippen molar-refractivity contribution in [3.05, 3.63) is 71.1 Å². The Kier molecular flexibility index (Phi) is 6.58. The van der Waals surface area contributed by atoms with Crippen LogP contribution >= 0.6 is 11.6 Å². The van der Waals surface area contributed by atoms with E-state index in [1.807, 2.05) is 0 Å². The van der Waals surface area contributed by atoms with Crippen LogP contribution in [-0.2, 0) is 23.6 Å². The van der Waals surface area contributed by atoms with Crippen LogP contribution in [-0.4, -0.2) is 68.4 Å². The van der Waals surface area contributed by atoms with Crippen molar-refractivity contribution < 1.29 is 12.5 Å². The molecule has 0 radical (unpaired) electrons. The van der Waals surface area contributed by atoms with Crippen molar-refractivity contribution in [3.8, 4) is 16.9 Å². The molecular weight excluding hydrogens is 540 g/mol. The van der Waals surface area contributed by atoms with E-state index in [2.05, 4.69) is 35.6 Å². The summed E-state index contributed by atoms with van der Waals surface area (Å²) in [7, 11) is -1.99. The topological polar surface area (TPSA) is 127 Å². The van der Waals surface area contributed by atoms with Gasteiger partial charge in [0, 0.05) is 61.0 Å². The van der Waals surface area contributed by atoms with Gasteiger partial charge in [-0.15, -0.1) is 0 Å². The SMILES string of the molecule is [2H]C([2H])([2H])NCc1ccc(-n2cc(-c3nc(NC4CCN(S(=O)(=O)c5ccn(C)n5)CC4)ncc3[N+]#[C-])cn2)c(Cl)c1. The van der Waals surface area contributed by atoms with Crippen LogP contribution in [0.25, 0.3) is 21.8 Å². The zero-order chi connectivity index (χ0) is 30.1. The predicted octanol–water partition coefficient (Wildman–Crippen LogP) is 3.25. The van der Waals surface area contributed by atoms with Crippen LogP contribution < -0.4 is 10.6 Å². The number of nitrogens with one attached hydrogen (secondary N) is 2. The van der Waals surface area contributed by atoms with Crippen molar-refractivity contribution in [2.75, 3.05) is 25.4 Å². The van der Waals surface area contributed by atoms with Gasteiger partial charge in [0.05, 0.1) is 29.2 Å². The molecule has 4 heterocycles. The Bertz CT molecular complexity index is 1740. The maximum atomic E-state index is 12.9. The van der Waals surface area contributed by atoms with Gasteiger partial charge in [-0.1, -0.05) is 17.7 Å². The molecule has 0 saturated carbocycles. The van der Waals surface area contributed by atoms with Crippen molar-refractivity contribution in [1.29, 1.82) is 0 Å². The second-order valence-corrected chi connectivity index (χ2v) is 11.3. The van der Waals surface area contributed by atoms with Crippen LogP contribution in [0.15, 0.2) is 54.1 Å². The number of piperidine rings is 1. The van der Waals surface area contributed by atoms with E-state index in [4.69, 9.17) is 22.3 Å². The third-order valence-electron chi connectivity index (χ3n) is 6.38. The van der Waals surface area contributed by atoms with Gasteiger partial charge in [-0.3, -0.25) is 4.68 Å². The minimum atomic E-state index is -3.66. The number of aromatic nitrogens is 6. The minimum absolute atomic E-state index is 0.0300. The van der Waals surface area contributed by atoms with Gasteiger partial charge in [0.15, 0.2) is 5.03 Å². The number of hydrogen-bond donors (Lipinski definition) is 2. The second kappa shape index (κ2) is 11.1. The average Bonchev–Trinajstić information content (AvgIpc) is 3.62. The van der Waals surface area contributed by atoms with E-state index < -0.39 is 17.0 Å². The summed E-state index contributed by atoms with van der Waals surface area (Å²) in [4.78, 5) is 12.4. The van der Waals surface area contributed by atoms with Crippen LogP contribution in [0.1, 0.15) is 22.5 Å². The summed E-state index contributed by atoms with van der Waals surface area (Å²) in [5.41, 5.74) is 2.48. The molecule has 0 spiro atoms. The number of halogens is 1. The van der Waals surface area contributed by atoms with Crippen molar-refractivity contribution in [2.45, 2.75) is 30.5 Å². The first-order valence-electron chi connectivity index (χ1n) is 13.5. The molecule has 0 aliphatic carbocycles. The summed E-state index contributed by atoms with van der Waals surface area (Å²) in [6.45, 7) is 6.10. The number of benzene rings is 1. The quantitative estimate of drug-likeness (QED) is 0.310. The Morgan fingerprint density at radius 1 is 1.26 bits per heavy atom. The second-order valence-electron chi connectivity index (χ2n) is 9.00. The van der Waals surface area contributed by atoms with Gasteiger partial charge in [0.25, 0.3) is 10.0 Å². The van der Waals surface area contributed by atoms with Gasteiger partial charge in [0.1, 0.15) is 0 Å². The maximum absolute atomic E-state index is 12.9. The Morgan fingerprint density at radius 3 is 2.77 bits per heavy atom. The average molecular weight is 570 g/mol. The van der Waals surface area contributed by atoms with E-state index in [1.54, 1.807) is 48.5 Å². The summed E-state index contributed by atoms with van der Waals surface area (Å²) in [6.07, 6.45) is 7.40. The molecule has 0 amide bonds. The molecule has 0 atom stereocenters. The van der Waals surface area contributed by atoms with Crippen LogP contribution in [0.4, 0.5) is 11.6 Å². The number of anilines is 1. The largest absolute Gasteiger partial charge is 0.351 e. The summed E-state index contributed by atoms with van der Waals surface area (Å²) in [6, 6.07) is 6.58. The van der Waals surface area contributed by atoms with Crippen LogP contribution in [0.5, 0.6) is 0 Å². The van der Waals surface area contributed by atoms with Crippen molar-refractivity contribution in [3.63, 3.8) is 0 Å². The first-order chi connectivity index (χ1) is 19.9. The maximum Gasteiger partial charge on any atom is 0.262 e. The van der Waals surface area contributed by atoms with Gasteiger partial charge in [-0.05, 0) is 43.6 Å². The highest BCUT2D eigenvalue weighted by atomic mass is 35.5. The van der Waals surface area contributed by atoms with Gasteiger partial charge >= 0.3 is 0 Å². The summed E-state index contributed by atoms with van der Waals surface area (Å²) in [5.74, 6) is 0.320. The monoisotopic (exact) mass is 569 g/mol. The molecule has 12 nitrogen and oxygen atoms in total. The molecule has 5 rings (SSSR count). The molecule has 14 heteroatoms. The Morgan fingerprint density at radius 2 is 2.08 bits per heavy atom. The van der Waals surface area contributed by atoms with E-state index in [-0.39, 0.29) is 23.3 Å². The third kappa shape index (κ3) is 5.64. The van der Waals surface area contributed by atoms with E-state index in [0.29, 0.717) is 59.4 Å². The van der Waals surface area contributed by atoms with E-state index in [0.717, 1.165) is 0 Å². The highest BCUT2D eigenvalue weighted by Crippen LogP contribution is 2.31. The number of hydrogen-bond acceptors (Lipinski definition) is 8. The molecule has 39 heavy (non-hydrogen) atoms. The first-order valence-corrected chi connectivity index (χ1v) is 13.8. The lowest BCUT2D eigenvalue weighted by Crippen LogP contribution is -2.42. The third-order valence-corrected chi connectivity index (χ3v) is 8.47. The van der Waals surface area contributed by atoms with Crippen LogP contribution in [0, 0.1) is 6.57 Å². The number of rotatable bonds is 8. The zero-order valence-corrected chi connectivity index (χ0v) is 22.5. The molecule has 1 aromatic carbocycles. The lowest BCUT2D eigenvalue weighted by atomic mass is 10.1. The smallest absolute Gasteiger partial charge is 0.262 e. The molecule has 3 aromatic heterocycles. The van der Waals surface area contributed by atoms with Crippen LogP contribution in [0.3, 0.4) is 0 Å². The fourth-order valence-corrected chi connectivity index (χ4v) is 6.06. The summed E-state index contributed by atoms with van der Waals surface area (Å²) in [5, 5.41) is 14.6. The Labute approximate surface area is 235 Å². The highest BCUT2D eigenvalue weighted by Gasteiger charge is 2.31.